The number of hydrogen-bond donors (Lipinski definition) is 0. The van der Waals surface area contributed by atoms with E-state index in [1.54, 1.807) is 6.07 Å². The SMILES string of the molecule is CCc1cc(CC(C)C)c(C(F)(F)F)s1. The number of aryl methyl sites for hydroxylation is 1. The highest BCUT2D eigenvalue weighted by atomic mass is 32.1. The van der Waals surface area contributed by atoms with Gasteiger partial charge in [-0.2, -0.15) is 13.2 Å². The molecule has 0 unspecified atom stereocenters. The highest BCUT2D eigenvalue weighted by Gasteiger charge is 2.35. The third-order valence-electron chi connectivity index (χ3n) is 2.09. The number of thiophene rings is 1. The molecule has 15 heavy (non-hydrogen) atoms. The molecule has 0 fully saturated rings. The molecule has 0 amide bonds. The van der Waals surface area contributed by atoms with Gasteiger partial charge in [-0.3, -0.25) is 0 Å². The van der Waals surface area contributed by atoms with Crippen LogP contribution in [0.4, 0.5) is 13.2 Å². The number of hydrogen-bond acceptors (Lipinski definition) is 1. The standard InChI is InChI=1S/C11H15F3S/c1-4-9-6-8(5-7(2)3)10(15-9)11(12,13)14/h6-7H,4-5H2,1-3H3. The Morgan fingerprint density at radius 2 is 1.93 bits per heavy atom. The van der Waals surface area contributed by atoms with E-state index in [4.69, 9.17) is 0 Å². The van der Waals surface area contributed by atoms with E-state index >= 15 is 0 Å². The minimum atomic E-state index is -4.19. The first-order chi connectivity index (χ1) is 6.84. The van der Waals surface area contributed by atoms with Gasteiger partial charge in [-0.1, -0.05) is 20.8 Å². The molecule has 0 atom stereocenters. The number of rotatable bonds is 3. The minimum Gasteiger partial charge on any atom is -0.165 e. The van der Waals surface area contributed by atoms with Crippen molar-refractivity contribution in [2.24, 2.45) is 5.92 Å². The molecule has 86 valence electrons. The Hall–Kier alpha value is -0.510. The number of halogens is 3. The lowest BCUT2D eigenvalue weighted by molar-refractivity contribution is -0.134. The highest BCUT2D eigenvalue weighted by Crippen LogP contribution is 2.39. The van der Waals surface area contributed by atoms with Crippen LogP contribution in [-0.4, -0.2) is 0 Å². The van der Waals surface area contributed by atoms with Crippen molar-refractivity contribution in [1.29, 1.82) is 0 Å². The van der Waals surface area contributed by atoms with E-state index in [1.165, 1.54) is 0 Å². The summed E-state index contributed by atoms with van der Waals surface area (Å²) in [5.74, 6) is 0.255. The zero-order chi connectivity index (χ0) is 11.6. The van der Waals surface area contributed by atoms with E-state index in [9.17, 15) is 13.2 Å². The maximum Gasteiger partial charge on any atom is 0.425 e. The molecule has 4 heteroatoms. The molecule has 1 rings (SSSR count). The maximum absolute atomic E-state index is 12.7. The summed E-state index contributed by atoms with van der Waals surface area (Å²) in [4.78, 5) is 0.408. The molecule has 0 bridgehead atoms. The van der Waals surface area contributed by atoms with Gasteiger partial charge in [0.05, 0.1) is 0 Å². The van der Waals surface area contributed by atoms with Crippen molar-refractivity contribution in [3.05, 3.63) is 21.4 Å². The Morgan fingerprint density at radius 1 is 1.33 bits per heavy atom. The second kappa shape index (κ2) is 4.56. The van der Waals surface area contributed by atoms with E-state index in [2.05, 4.69) is 0 Å². The second-order valence-corrected chi connectivity index (χ2v) is 5.15. The molecule has 0 saturated carbocycles. The fourth-order valence-corrected chi connectivity index (χ4v) is 2.49. The van der Waals surface area contributed by atoms with Crippen molar-refractivity contribution in [2.45, 2.75) is 39.8 Å². The monoisotopic (exact) mass is 236 g/mol. The zero-order valence-corrected chi connectivity index (χ0v) is 9.93. The first-order valence-electron chi connectivity index (χ1n) is 5.03. The molecular formula is C11H15F3S. The Kier molecular flexibility index (Phi) is 3.82. The molecule has 0 radical (unpaired) electrons. The Morgan fingerprint density at radius 3 is 2.33 bits per heavy atom. The van der Waals surface area contributed by atoms with E-state index in [-0.39, 0.29) is 5.92 Å². The lowest BCUT2D eigenvalue weighted by Crippen LogP contribution is -2.06. The Labute approximate surface area is 92.1 Å². The molecule has 0 aliphatic carbocycles. The molecule has 0 aliphatic heterocycles. The van der Waals surface area contributed by atoms with Gasteiger partial charge in [-0.25, -0.2) is 0 Å². The topological polar surface area (TPSA) is 0 Å². The van der Waals surface area contributed by atoms with Crippen molar-refractivity contribution < 1.29 is 13.2 Å². The molecule has 0 aromatic carbocycles. The smallest absolute Gasteiger partial charge is 0.165 e. The summed E-state index contributed by atoms with van der Waals surface area (Å²) in [7, 11) is 0. The fourth-order valence-electron chi connectivity index (χ4n) is 1.49. The van der Waals surface area contributed by atoms with Gasteiger partial charge in [0.15, 0.2) is 0 Å². The van der Waals surface area contributed by atoms with Gasteiger partial charge in [0.25, 0.3) is 0 Å². The van der Waals surface area contributed by atoms with Gasteiger partial charge in [-0.05, 0) is 30.4 Å². The van der Waals surface area contributed by atoms with Crippen LogP contribution in [0.1, 0.15) is 36.1 Å². The predicted octanol–water partition coefficient (Wildman–Crippen LogP) is 4.53. The Bertz CT molecular complexity index is 323. The van der Waals surface area contributed by atoms with Gasteiger partial charge in [0.2, 0.25) is 0 Å². The lowest BCUT2D eigenvalue weighted by atomic mass is 10.0. The highest BCUT2D eigenvalue weighted by molar-refractivity contribution is 7.12. The van der Waals surface area contributed by atoms with Crippen LogP contribution in [0, 0.1) is 5.92 Å². The molecule has 1 heterocycles. The summed E-state index contributed by atoms with van der Waals surface area (Å²) < 4.78 is 38.0. The van der Waals surface area contributed by atoms with Crippen molar-refractivity contribution in [3.8, 4) is 0 Å². The summed E-state index contributed by atoms with van der Waals surface area (Å²) in [6.07, 6.45) is -3.01. The van der Waals surface area contributed by atoms with Gasteiger partial charge < -0.3 is 0 Å². The van der Waals surface area contributed by atoms with Crippen LogP contribution in [0.2, 0.25) is 0 Å². The molecule has 0 N–H and O–H groups in total. The first-order valence-corrected chi connectivity index (χ1v) is 5.85. The molecule has 0 saturated heterocycles. The molecular weight excluding hydrogens is 221 g/mol. The van der Waals surface area contributed by atoms with Crippen LogP contribution >= 0.6 is 11.3 Å². The summed E-state index contributed by atoms with van der Waals surface area (Å²) in [6.45, 7) is 5.75. The summed E-state index contributed by atoms with van der Waals surface area (Å²) in [6, 6.07) is 1.70. The van der Waals surface area contributed by atoms with Crippen molar-refractivity contribution >= 4 is 11.3 Å². The molecule has 0 spiro atoms. The van der Waals surface area contributed by atoms with Gasteiger partial charge in [0, 0.05) is 4.88 Å². The van der Waals surface area contributed by atoms with Crippen molar-refractivity contribution in [3.63, 3.8) is 0 Å². The van der Waals surface area contributed by atoms with Gasteiger partial charge in [-0.15, -0.1) is 11.3 Å². The van der Waals surface area contributed by atoms with Gasteiger partial charge in [0.1, 0.15) is 4.88 Å². The quantitative estimate of drug-likeness (QED) is 0.723. The summed E-state index contributed by atoms with van der Waals surface area (Å²) in [5, 5.41) is 0. The van der Waals surface area contributed by atoms with E-state index in [0.717, 1.165) is 16.2 Å². The van der Waals surface area contributed by atoms with Gasteiger partial charge >= 0.3 is 6.18 Å². The normalized spacial score (nSPS) is 12.5. The van der Waals surface area contributed by atoms with Crippen LogP contribution in [0.15, 0.2) is 6.07 Å². The molecule has 0 nitrogen and oxygen atoms in total. The summed E-state index contributed by atoms with van der Waals surface area (Å²) in [5.41, 5.74) is 0.458. The summed E-state index contributed by atoms with van der Waals surface area (Å²) >= 11 is 0.883. The third kappa shape index (κ3) is 3.23. The van der Waals surface area contributed by atoms with E-state index in [1.807, 2.05) is 20.8 Å². The van der Waals surface area contributed by atoms with Crippen molar-refractivity contribution in [2.75, 3.05) is 0 Å². The molecule has 1 aromatic rings. The predicted molar refractivity (Wildman–Crippen MR) is 57.2 cm³/mol. The van der Waals surface area contributed by atoms with Crippen LogP contribution in [-0.2, 0) is 19.0 Å². The average Bonchev–Trinajstić information content (AvgIpc) is 2.45. The van der Waals surface area contributed by atoms with E-state index in [0.29, 0.717) is 18.4 Å². The molecule has 0 aliphatic rings. The van der Waals surface area contributed by atoms with E-state index < -0.39 is 11.1 Å². The van der Waals surface area contributed by atoms with Crippen LogP contribution < -0.4 is 0 Å². The average molecular weight is 236 g/mol. The Balaban J connectivity index is 3.06. The third-order valence-corrected chi connectivity index (χ3v) is 3.46. The minimum absolute atomic E-state index is 0.255. The second-order valence-electron chi connectivity index (χ2n) is 4.02. The lowest BCUT2D eigenvalue weighted by Gasteiger charge is -2.08. The van der Waals surface area contributed by atoms with Crippen molar-refractivity contribution in [1.82, 2.24) is 0 Å². The largest absolute Gasteiger partial charge is 0.425 e. The number of alkyl halides is 3. The van der Waals surface area contributed by atoms with Crippen LogP contribution in [0.5, 0.6) is 0 Å². The fraction of sp³-hybridized carbons (Fsp3) is 0.636. The zero-order valence-electron chi connectivity index (χ0n) is 9.11. The van der Waals surface area contributed by atoms with Crippen LogP contribution in [0.25, 0.3) is 0 Å². The first kappa shape index (κ1) is 12.6. The molecule has 1 aromatic heterocycles. The maximum atomic E-state index is 12.7. The van der Waals surface area contributed by atoms with Crippen LogP contribution in [0.3, 0.4) is 0 Å².